The first-order valence-electron chi connectivity index (χ1n) is 6.24. The Hall–Kier alpha value is -0.940. The van der Waals surface area contributed by atoms with Crippen molar-refractivity contribution in [2.24, 2.45) is 5.92 Å². The highest BCUT2D eigenvalue weighted by Crippen LogP contribution is 2.30. The molecule has 1 unspecified atom stereocenters. The number of hydrogen-bond acceptors (Lipinski definition) is 3. The van der Waals surface area contributed by atoms with Crippen LogP contribution in [0.4, 0.5) is 5.69 Å². The number of nitro benzene ring substituents is 1. The van der Waals surface area contributed by atoms with E-state index in [2.05, 4.69) is 28.2 Å². The van der Waals surface area contributed by atoms with Gasteiger partial charge in [-0.25, -0.2) is 0 Å². The summed E-state index contributed by atoms with van der Waals surface area (Å²) in [4.78, 5) is 10.7. The van der Waals surface area contributed by atoms with Gasteiger partial charge < -0.3 is 5.32 Å². The SMILES string of the molecule is CC(NCc1ccc(Br)cc1[N+](=O)[O-])C1CCC1. The Bertz CT molecular complexity index is 447. The summed E-state index contributed by atoms with van der Waals surface area (Å²) in [5.41, 5.74) is 0.923. The van der Waals surface area contributed by atoms with E-state index in [-0.39, 0.29) is 10.6 Å². The van der Waals surface area contributed by atoms with Gasteiger partial charge in [-0.1, -0.05) is 22.4 Å². The standard InChI is InChI=1S/C13H17BrN2O2/c1-9(10-3-2-4-10)15-8-11-5-6-12(14)7-13(11)16(17)18/h5-7,9-10,15H,2-4,8H2,1H3. The van der Waals surface area contributed by atoms with E-state index in [0.29, 0.717) is 12.6 Å². The molecule has 0 aromatic heterocycles. The van der Waals surface area contributed by atoms with Crippen molar-refractivity contribution in [2.75, 3.05) is 0 Å². The van der Waals surface area contributed by atoms with Gasteiger partial charge in [0.15, 0.2) is 0 Å². The normalized spacial score (nSPS) is 17.2. The molecule has 0 radical (unpaired) electrons. The van der Waals surface area contributed by atoms with Crippen LogP contribution in [0.25, 0.3) is 0 Å². The highest BCUT2D eigenvalue weighted by Gasteiger charge is 2.24. The zero-order valence-corrected chi connectivity index (χ0v) is 11.9. The molecule has 5 heteroatoms. The summed E-state index contributed by atoms with van der Waals surface area (Å²) in [6.45, 7) is 2.72. The van der Waals surface area contributed by atoms with Crippen molar-refractivity contribution in [3.05, 3.63) is 38.3 Å². The molecule has 0 amide bonds. The van der Waals surface area contributed by atoms with Gasteiger partial charge in [-0.05, 0) is 37.8 Å². The van der Waals surface area contributed by atoms with Crippen LogP contribution in [0.5, 0.6) is 0 Å². The number of hydrogen-bond donors (Lipinski definition) is 1. The van der Waals surface area contributed by atoms with Crippen LogP contribution >= 0.6 is 15.9 Å². The van der Waals surface area contributed by atoms with Gasteiger partial charge in [-0.2, -0.15) is 0 Å². The van der Waals surface area contributed by atoms with E-state index >= 15 is 0 Å². The van der Waals surface area contributed by atoms with E-state index in [1.54, 1.807) is 6.07 Å². The van der Waals surface area contributed by atoms with Gasteiger partial charge in [0, 0.05) is 28.7 Å². The van der Waals surface area contributed by atoms with Gasteiger partial charge in [0.25, 0.3) is 5.69 Å². The van der Waals surface area contributed by atoms with Crippen molar-refractivity contribution in [3.8, 4) is 0 Å². The molecule has 98 valence electrons. The Morgan fingerprint density at radius 3 is 2.83 bits per heavy atom. The number of nitro groups is 1. The third-order valence-corrected chi connectivity index (χ3v) is 4.21. The van der Waals surface area contributed by atoms with Crippen LogP contribution in [0, 0.1) is 16.0 Å². The van der Waals surface area contributed by atoms with Crippen LogP contribution in [-0.4, -0.2) is 11.0 Å². The largest absolute Gasteiger partial charge is 0.310 e. The minimum absolute atomic E-state index is 0.178. The maximum absolute atomic E-state index is 11.0. The fourth-order valence-corrected chi connectivity index (χ4v) is 2.58. The molecule has 0 saturated heterocycles. The molecule has 1 fully saturated rings. The summed E-state index contributed by atoms with van der Waals surface area (Å²) in [7, 11) is 0. The molecule has 1 atom stereocenters. The third kappa shape index (κ3) is 3.09. The van der Waals surface area contributed by atoms with Crippen molar-refractivity contribution in [3.63, 3.8) is 0 Å². The van der Waals surface area contributed by atoms with Crippen LogP contribution in [0.3, 0.4) is 0 Å². The second-order valence-electron chi connectivity index (χ2n) is 4.89. The number of nitrogens with one attached hydrogen (secondary N) is 1. The first-order chi connectivity index (χ1) is 8.58. The van der Waals surface area contributed by atoms with E-state index in [9.17, 15) is 10.1 Å². The summed E-state index contributed by atoms with van der Waals surface area (Å²) in [6.07, 6.45) is 3.86. The Morgan fingerprint density at radius 1 is 1.56 bits per heavy atom. The van der Waals surface area contributed by atoms with Gasteiger partial charge in [-0.15, -0.1) is 0 Å². The molecular formula is C13H17BrN2O2. The summed E-state index contributed by atoms with van der Waals surface area (Å²) in [6, 6.07) is 5.65. The van der Waals surface area contributed by atoms with Crippen molar-refractivity contribution in [1.82, 2.24) is 5.32 Å². The summed E-state index contributed by atoms with van der Waals surface area (Å²) < 4.78 is 0.741. The lowest BCUT2D eigenvalue weighted by Crippen LogP contribution is -2.36. The molecule has 1 aromatic rings. The highest BCUT2D eigenvalue weighted by atomic mass is 79.9. The lowest BCUT2D eigenvalue weighted by Gasteiger charge is -2.32. The molecule has 18 heavy (non-hydrogen) atoms. The highest BCUT2D eigenvalue weighted by molar-refractivity contribution is 9.10. The molecular weight excluding hydrogens is 296 g/mol. The minimum Gasteiger partial charge on any atom is -0.310 e. The van der Waals surface area contributed by atoms with Gasteiger partial charge in [0.05, 0.1) is 4.92 Å². The first kappa shape index (κ1) is 13.5. The van der Waals surface area contributed by atoms with Crippen LogP contribution in [0.1, 0.15) is 31.7 Å². The molecule has 1 aliphatic carbocycles. The van der Waals surface area contributed by atoms with Crippen molar-refractivity contribution in [2.45, 2.75) is 38.8 Å². The molecule has 0 bridgehead atoms. The molecule has 0 heterocycles. The van der Waals surface area contributed by atoms with E-state index in [1.165, 1.54) is 19.3 Å². The van der Waals surface area contributed by atoms with E-state index in [4.69, 9.17) is 0 Å². The van der Waals surface area contributed by atoms with Gasteiger partial charge in [-0.3, -0.25) is 10.1 Å². The number of nitrogens with zero attached hydrogens (tertiary/aromatic N) is 1. The van der Waals surface area contributed by atoms with Gasteiger partial charge in [0.1, 0.15) is 0 Å². The van der Waals surface area contributed by atoms with E-state index in [0.717, 1.165) is 16.0 Å². The lowest BCUT2D eigenvalue weighted by atomic mass is 9.80. The third-order valence-electron chi connectivity index (χ3n) is 3.72. The summed E-state index contributed by atoms with van der Waals surface area (Å²) in [5, 5.41) is 14.4. The zero-order valence-electron chi connectivity index (χ0n) is 10.4. The Morgan fingerprint density at radius 2 is 2.28 bits per heavy atom. The maximum atomic E-state index is 11.0. The Kier molecular flexibility index (Phi) is 4.35. The maximum Gasteiger partial charge on any atom is 0.275 e. The number of halogens is 1. The molecule has 2 rings (SSSR count). The molecule has 1 N–H and O–H groups in total. The van der Waals surface area contributed by atoms with Gasteiger partial charge >= 0.3 is 0 Å². The average Bonchev–Trinajstić information content (AvgIpc) is 2.24. The van der Waals surface area contributed by atoms with E-state index in [1.807, 2.05) is 12.1 Å². The number of benzene rings is 1. The molecule has 1 aliphatic rings. The van der Waals surface area contributed by atoms with Crippen molar-refractivity contribution in [1.29, 1.82) is 0 Å². The predicted octanol–water partition coefficient (Wildman–Crippen LogP) is 3.64. The second-order valence-corrected chi connectivity index (χ2v) is 5.81. The van der Waals surface area contributed by atoms with Gasteiger partial charge in [0.2, 0.25) is 0 Å². The van der Waals surface area contributed by atoms with E-state index < -0.39 is 0 Å². The number of rotatable bonds is 5. The van der Waals surface area contributed by atoms with Crippen LogP contribution in [0.15, 0.2) is 22.7 Å². The monoisotopic (exact) mass is 312 g/mol. The fourth-order valence-electron chi connectivity index (χ4n) is 2.23. The zero-order chi connectivity index (χ0) is 13.1. The molecule has 1 aromatic carbocycles. The summed E-state index contributed by atoms with van der Waals surface area (Å²) >= 11 is 3.26. The lowest BCUT2D eigenvalue weighted by molar-refractivity contribution is -0.385. The van der Waals surface area contributed by atoms with Crippen molar-refractivity contribution >= 4 is 21.6 Å². The average molecular weight is 313 g/mol. The quantitative estimate of drug-likeness (QED) is 0.667. The topological polar surface area (TPSA) is 55.2 Å². The Balaban J connectivity index is 2.01. The summed E-state index contributed by atoms with van der Waals surface area (Å²) in [5.74, 6) is 0.736. The molecule has 0 spiro atoms. The molecule has 1 saturated carbocycles. The minimum atomic E-state index is -0.324. The van der Waals surface area contributed by atoms with Crippen LogP contribution in [0.2, 0.25) is 0 Å². The van der Waals surface area contributed by atoms with Crippen molar-refractivity contribution < 1.29 is 4.92 Å². The second kappa shape index (κ2) is 5.80. The first-order valence-corrected chi connectivity index (χ1v) is 7.03. The molecule has 0 aliphatic heterocycles. The smallest absolute Gasteiger partial charge is 0.275 e. The predicted molar refractivity (Wildman–Crippen MR) is 74.4 cm³/mol. The fraction of sp³-hybridized carbons (Fsp3) is 0.538. The Labute approximate surface area is 115 Å². The van der Waals surface area contributed by atoms with Crippen LogP contribution < -0.4 is 5.32 Å². The molecule has 4 nitrogen and oxygen atoms in total. The van der Waals surface area contributed by atoms with Crippen LogP contribution in [-0.2, 0) is 6.54 Å².